The second-order valence-electron chi connectivity index (χ2n) is 0.238. The van der Waals surface area contributed by atoms with E-state index in [9.17, 15) is 0 Å². The van der Waals surface area contributed by atoms with Gasteiger partial charge in [-0.25, -0.2) is 0 Å². The van der Waals surface area contributed by atoms with Crippen molar-refractivity contribution >= 4 is 0 Å². The first-order chi connectivity index (χ1) is 1.73. The van der Waals surface area contributed by atoms with E-state index in [1.54, 1.807) is 0 Å². The van der Waals surface area contributed by atoms with Gasteiger partial charge in [0, 0.05) is 41.3 Å². The van der Waals surface area contributed by atoms with Gasteiger partial charge in [-0.3, -0.25) is 0 Å². The zero-order valence-electron chi connectivity index (χ0n) is 2.29. The van der Waals surface area contributed by atoms with Crippen LogP contribution in [0.4, 0.5) is 0 Å². The fraction of sp³-hybridized carbons (Fsp3) is 0. The Labute approximate surface area is 67.1 Å². The molecule has 5 heteroatoms. The second-order valence-corrected chi connectivity index (χ2v) is 0.981. The molecule has 0 aromatic heterocycles. The Morgan fingerprint density at radius 2 is 1.40 bits per heavy atom. The molecule has 0 aromatic rings. The van der Waals surface area contributed by atoms with Crippen molar-refractivity contribution in [2.75, 3.05) is 0 Å². The van der Waals surface area contributed by atoms with E-state index in [0.29, 0.717) is 0 Å². The number of rotatable bonds is 0. The molecule has 0 saturated carbocycles. The van der Waals surface area contributed by atoms with E-state index in [2.05, 4.69) is 0 Å². The first-order valence-corrected chi connectivity index (χ1v) is 2.33. The van der Waals surface area contributed by atoms with Crippen LogP contribution in [0.25, 0.3) is 0 Å². The maximum Gasteiger partial charge on any atom is 0 e. The normalized spacial score (nSPS) is 5.00. The van der Waals surface area contributed by atoms with Gasteiger partial charge in [0.2, 0.25) is 0 Å². The molecule has 0 aliphatic rings. The van der Waals surface area contributed by atoms with Crippen LogP contribution in [0.5, 0.6) is 0 Å². The van der Waals surface area contributed by atoms with Crippen molar-refractivity contribution in [2.24, 2.45) is 0 Å². The van der Waals surface area contributed by atoms with Gasteiger partial charge in [0.1, 0.15) is 0 Å². The van der Waals surface area contributed by atoms with E-state index >= 15 is 0 Å². The van der Waals surface area contributed by atoms with Crippen LogP contribution in [0, 0.1) is 41.3 Å². The molecular formula is HO3PrV. The summed E-state index contributed by atoms with van der Waals surface area (Å²) in [5.74, 6) is 0. The average Bonchev–Trinajstić information content (AvgIpc) is 0.811. The molecule has 0 aliphatic heterocycles. The van der Waals surface area contributed by atoms with Crippen LogP contribution in [0.15, 0.2) is 0 Å². The fourth-order valence-electron chi connectivity index (χ4n) is 0. The topological polar surface area (TPSA) is 54.4 Å². The van der Waals surface area contributed by atoms with Gasteiger partial charge in [0.05, 0.1) is 0 Å². The fourth-order valence-corrected chi connectivity index (χ4v) is 0. The third-order valence-electron chi connectivity index (χ3n) is 0. The molecule has 0 saturated heterocycles. The van der Waals surface area contributed by atoms with Crippen molar-refractivity contribution in [1.82, 2.24) is 0 Å². The van der Waals surface area contributed by atoms with Gasteiger partial charge in [-0.15, -0.1) is 0 Å². The summed E-state index contributed by atoms with van der Waals surface area (Å²) in [6.45, 7) is 0. The van der Waals surface area contributed by atoms with E-state index in [4.69, 9.17) is 11.4 Å². The van der Waals surface area contributed by atoms with Crippen LogP contribution in [0.3, 0.4) is 0 Å². The molecule has 0 aliphatic carbocycles. The van der Waals surface area contributed by atoms with Gasteiger partial charge in [0.15, 0.2) is 0 Å². The Bertz CT molecular complexity index is 55.3. The molecular weight excluding hydrogens is 240 g/mol. The van der Waals surface area contributed by atoms with Crippen molar-refractivity contribution in [3.05, 3.63) is 0 Å². The summed E-state index contributed by atoms with van der Waals surface area (Å²) in [6, 6.07) is 0. The van der Waals surface area contributed by atoms with Gasteiger partial charge >= 0.3 is 26.8 Å². The Balaban J connectivity index is 0. The van der Waals surface area contributed by atoms with Crippen LogP contribution in [0.2, 0.25) is 0 Å². The van der Waals surface area contributed by atoms with E-state index < -0.39 is 15.4 Å². The van der Waals surface area contributed by atoms with E-state index in [-0.39, 0.29) is 41.3 Å². The van der Waals surface area contributed by atoms with Crippen molar-refractivity contribution in [1.29, 1.82) is 0 Å². The van der Waals surface area contributed by atoms with Crippen LogP contribution < -0.4 is 0 Å². The zero-order chi connectivity index (χ0) is 3.58. The molecule has 0 unspecified atom stereocenters. The summed E-state index contributed by atoms with van der Waals surface area (Å²) in [4.78, 5) is 0. The summed E-state index contributed by atoms with van der Waals surface area (Å²) in [7, 11) is 0. The predicted octanol–water partition coefficient (Wildman–Crippen LogP) is -0.797. The van der Waals surface area contributed by atoms with E-state index in [0.717, 1.165) is 0 Å². The molecule has 0 heterocycles. The minimum atomic E-state index is -3.69. The Morgan fingerprint density at radius 1 is 1.40 bits per heavy atom. The summed E-state index contributed by atoms with van der Waals surface area (Å²) in [5.41, 5.74) is 0. The van der Waals surface area contributed by atoms with Crippen molar-refractivity contribution in [3.8, 4) is 0 Å². The minimum Gasteiger partial charge on any atom is 0 e. The van der Waals surface area contributed by atoms with Gasteiger partial charge in [-0.1, -0.05) is 0 Å². The maximum atomic E-state index is 8.67. The Kier molecular flexibility index (Phi) is 10.7. The minimum absolute atomic E-state index is 0. The SMILES string of the molecule is [O]=[V](=[O])[OH].[Pr]. The first-order valence-electron chi connectivity index (χ1n) is 0.565. The van der Waals surface area contributed by atoms with Gasteiger partial charge < -0.3 is 0 Å². The molecule has 27 valence electrons. The average molecular weight is 241 g/mol. The van der Waals surface area contributed by atoms with Crippen molar-refractivity contribution in [2.45, 2.75) is 0 Å². The molecule has 1 N–H and O–H groups in total. The molecule has 0 aromatic carbocycles. The predicted molar refractivity (Wildman–Crippen MR) is 3.59 cm³/mol. The zero-order valence-corrected chi connectivity index (χ0v) is 7.39. The van der Waals surface area contributed by atoms with Crippen molar-refractivity contribution in [3.63, 3.8) is 0 Å². The van der Waals surface area contributed by atoms with Gasteiger partial charge in [-0.2, -0.15) is 0 Å². The molecule has 0 bridgehead atoms. The largest absolute Gasteiger partial charge is 0 e. The van der Waals surface area contributed by atoms with Crippen molar-refractivity contribution < 1.29 is 68.1 Å². The third kappa shape index (κ3) is 29.8. The third-order valence-corrected chi connectivity index (χ3v) is 0. The number of hydrogen-bond donors (Lipinski definition) is 1. The first kappa shape index (κ1) is 9.72. The number of hydrogen-bond acceptors (Lipinski definition) is 2. The summed E-state index contributed by atoms with van der Waals surface area (Å²) < 4.78 is 24.4. The Hall–Kier alpha value is 1.51. The molecule has 0 amide bonds. The Morgan fingerprint density at radius 3 is 1.40 bits per heavy atom. The molecule has 0 spiro atoms. The van der Waals surface area contributed by atoms with Crippen LogP contribution >= 0.6 is 0 Å². The van der Waals surface area contributed by atoms with Crippen LogP contribution in [-0.4, -0.2) is 4.03 Å². The quantitative estimate of drug-likeness (QED) is 0.604. The molecule has 0 rings (SSSR count). The molecule has 1 radical (unpaired) electrons. The molecule has 0 fully saturated rings. The van der Waals surface area contributed by atoms with Crippen LogP contribution in [0.1, 0.15) is 0 Å². The standard InChI is InChI=1S/H2O.2O.Pr.V/h1H2;;;;/q;;;;+1/p-1. The molecule has 0 atom stereocenters. The van der Waals surface area contributed by atoms with E-state index in [1.165, 1.54) is 0 Å². The van der Waals surface area contributed by atoms with E-state index in [1.807, 2.05) is 0 Å². The van der Waals surface area contributed by atoms with Gasteiger partial charge in [-0.05, 0) is 0 Å². The molecule has 3 nitrogen and oxygen atoms in total. The summed E-state index contributed by atoms with van der Waals surface area (Å²) in [5, 5.41) is 0. The second kappa shape index (κ2) is 5.51. The summed E-state index contributed by atoms with van der Waals surface area (Å²) in [6.07, 6.45) is 0. The van der Waals surface area contributed by atoms with Gasteiger partial charge in [0.25, 0.3) is 0 Å². The monoisotopic (exact) mass is 241 g/mol. The maximum absolute atomic E-state index is 8.67. The summed E-state index contributed by atoms with van der Waals surface area (Å²) >= 11 is -3.69. The smallest absolute Gasteiger partial charge is 0 e. The molecule has 5 heavy (non-hydrogen) atoms. The van der Waals surface area contributed by atoms with Crippen LogP contribution in [-0.2, 0) is 22.7 Å².